The molecule has 0 aromatic heterocycles. The summed E-state index contributed by atoms with van der Waals surface area (Å²) in [7, 11) is 1.62. The maximum atomic E-state index is 10.4. The molecule has 1 atom stereocenters. The Hall–Kier alpha value is -1.06. The number of rotatable bonds is 3. The highest BCUT2D eigenvalue weighted by Gasteiger charge is 2.39. The molecule has 0 saturated heterocycles. The molecule has 2 rings (SSSR count). The van der Waals surface area contributed by atoms with Gasteiger partial charge in [0, 0.05) is 0 Å². The number of aryl methyl sites for hydroxylation is 1. The first-order valence-electron chi connectivity index (χ1n) is 6.12. The third kappa shape index (κ3) is 2.31. The molecule has 0 heterocycles. The van der Waals surface area contributed by atoms with Crippen LogP contribution in [-0.4, -0.2) is 22.9 Å². The molecule has 1 aromatic rings. The zero-order valence-electron chi connectivity index (χ0n) is 10.4. The predicted molar refractivity (Wildman–Crippen MR) is 66.1 cm³/mol. The van der Waals surface area contributed by atoms with Crippen LogP contribution in [0, 0.1) is 6.92 Å². The number of hydrogen-bond acceptors (Lipinski definition) is 3. The molecule has 2 N–H and O–H groups in total. The fraction of sp³-hybridized carbons (Fsp3) is 0.571. The molecule has 1 unspecified atom stereocenters. The van der Waals surface area contributed by atoms with Crippen LogP contribution in [0.15, 0.2) is 18.2 Å². The number of benzene rings is 1. The molecule has 3 heteroatoms. The molecule has 0 radical (unpaired) electrons. The molecule has 0 aliphatic heterocycles. The molecule has 17 heavy (non-hydrogen) atoms. The molecule has 0 spiro atoms. The average molecular weight is 236 g/mol. The van der Waals surface area contributed by atoms with Crippen molar-refractivity contribution in [2.75, 3.05) is 7.11 Å². The minimum absolute atomic E-state index is 0.680. The van der Waals surface area contributed by atoms with Gasteiger partial charge in [-0.15, -0.1) is 0 Å². The van der Waals surface area contributed by atoms with E-state index in [9.17, 15) is 10.2 Å². The van der Waals surface area contributed by atoms with Crippen LogP contribution >= 0.6 is 0 Å². The van der Waals surface area contributed by atoms with Crippen LogP contribution in [-0.2, 0) is 0 Å². The molecule has 3 nitrogen and oxygen atoms in total. The number of methoxy groups -OCH3 is 1. The first kappa shape index (κ1) is 12.4. The van der Waals surface area contributed by atoms with Gasteiger partial charge in [-0.05, 0) is 43.0 Å². The summed E-state index contributed by atoms with van der Waals surface area (Å²) in [6.45, 7) is 1.93. The van der Waals surface area contributed by atoms with E-state index in [1.807, 2.05) is 25.1 Å². The fourth-order valence-corrected chi connectivity index (χ4v) is 2.63. The fourth-order valence-electron chi connectivity index (χ4n) is 2.63. The van der Waals surface area contributed by atoms with Crippen LogP contribution in [0.5, 0.6) is 5.75 Å². The molecule has 1 aromatic carbocycles. The van der Waals surface area contributed by atoms with Crippen molar-refractivity contribution in [1.29, 1.82) is 0 Å². The Kier molecular flexibility index (Phi) is 3.40. The molecular weight excluding hydrogens is 216 g/mol. The Labute approximate surface area is 102 Å². The summed E-state index contributed by atoms with van der Waals surface area (Å²) in [6, 6.07) is 5.55. The zero-order chi connectivity index (χ0) is 12.5. The number of hydrogen-bond donors (Lipinski definition) is 2. The zero-order valence-corrected chi connectivity index (χ0v) is 10.4. The van der Waals surface area contributed by atoms with Gasteiger partial charge in [-0.3, -0.25) is 0 Å². The van der Waals surface area contributed by atoms with Crippen molar-refractivity contribution in [1.82, 2.24) is 0 Å². The third-order valence-corrected chi connectivity index (χ3v) is 3.75. The summed E-state index contributed by atoms with van der Waals surface area (Å²) in [5, 5.41) is 20.7. The highest BCUT2D eigenvalue weighted by atomic mass is 16.5. The normalized spacial score (nSPS) is 20.2. The maximum Gasteiger partial charge on any atom is 0.119 e. The number of aliphatic hydroxyl groups is 2. The average Bonchev–Trinajstić information content (AvgIpc) is 2.76. The first-order valence-corrected chi connectivity index (χ1v) is 6.12. The Morgan fingerprint density at radius 2 is 1.94 bits per heavy atom. The first-order chi connectivity index (χ1) is 8.07. The van der Waals surface area contributed by atoms with Crippen LogP contribution in [0.25, 0.3) is 0 Å². The van der Waals surface area contributed by atoms with Crippen LogP contribution in [0.3, 0.4) is 0 Å². The highest BCUT2D eigenvalue weighted by Crippen LogP contribution is 2.40. The van der Waals surface area contributed by atoms with Gasteiger partial charge in [-0.2, -0.15) is 0 Å². The molecule has 1 aliphatic rings. The summed E-state index contributed by atoms with van der Waals surface area (Å²) in [6.07, 6.45) is 2.54. The topological polar surface area (TPSA) is 49.7 Å². The van der Waals surface area contributed by atoms with Gasteiger partial charge in [0.25, 0.3) is 0 Å². The molecule has 0 amide bonds. The smallest absolute Gasteiger partial charge is 0.119 e. The molecule has 1 fully saturated rings. The van der Waals surface area contributed by atoms with E-state index in [1.165, 1.54) is 0 Å². The number of aliphatic hydroxyl groups excluding tert-OH is 1. The van der Waals surface area contributed by atoms with E-state index in [0.29, 0.717) is 12.8 Å². The van der Waals surface area contributed by atoms with E-state index in [0.717, 1.165) is 29.7 Å². The largest absolute Gasteiger partial charge is 0.497 e. The second kappa shape index (κ2) is 4.67. The van der Waals surface area contributed by atoms with E-state index in [4.69, 9.17) is 4.74 Å². The van der Waals surface area contributed by atoms with Crippen molar-refractivity contribution in [3.05, 3.63) is 29.3 Å². The lowest BCUT2D eigenvalue weighted by Gasteiger charge is -2.29. The summed E-state index contributed by atoms with van der Waals surface area (Å²) < 4.78 is 5.14. The van der Waals surface area contributed by atoms with Crippen molar-refractivity contribution in [3.63, 3.8) is 0 Å². The molecule has 1 saturated carbocycles. The van der Waals surface area contributed by atoms with Gasteiger partial charge in [-0.1, -0.05) is 18.9 Å². The van der Waals surface area contributed by atoms with Crippen LogP contribution in [0.4, 0.5) is 0 Å². The molecule has 94 valence electrons. The lowest BCUT2D eigenvalue weighted by molar-refractivity contribution is -0.0721. The van der Waals surface area contributed by atoms with Gasteiger partial charge in [-0.25, -0.2) is 0 Å². The van der Waals surface area contributed by atoms with E-state index in [1.54, 1.807) is 7.11 Å². The van der Waals surface area contributed by atoms with Crippen molar-refractivity contribution < 1.29 is 14.9 Å². The Bertz CT molecular complexity index is 394. The molecular formula is C14H20O3. The minimum Gasteiger partial charge on any atom is -0.497 e. The van der Waals surface area contributed by atoms with Gasteiger partial charge in [0.15, 0.2) is 0 Å². The maximum absolute atomic E-state index is 10.4. The van der Waals surface area contributed by atoms with Crippen molar-refractivity contribution >= 4 is 0 Å². The summed E-state index contributed by atoms with van der Waals surface area (Å²) in [5.41, 5.74) is 0.812. The van der Waals surface area contributed by atoms with Crippen molar-refractivity contribution in [3.8, 4) is 5.75 Å². The van der Waals surface area contributed by atoms with E-state index < -0.39 is 11.7 Å². The number of ether oxygens (including phenoxy) is 1. The SMILES string of the molecule is COc1ccc(C(O)C2(O)CCCC2)c(C)c1. The Morgan fingerprint density at radius 3 is 2.47 bits per heavy atom. The lowest BCUT2D eigenvalue weighted by atomic mass is 9.87. The van der Waals surface area contributed by atoms with Gasteiger partial charge in [0.1, 0.15) is 11.9 Å². The molecule has 0 bridgehead atoms. The van der Waals surface area contributed by atoms with E-state index >= 15 is 0 Å². The van der Waals surface area contributed by atoms with Gasteiger partial charge in [0.2, 0.25) is 0 Å². The summed E-state index contributed by atoms with van der Waals surface area (Å²) >= 11 is 0. The van der Waals surface area contributed by atoms with Crippen LogP contribution < -0.4 is 4.74 Å². The monoisotopic (exact) mass is 236 g/mol. The quantitative estimate of drug-likeness (QED) is 0.847. The van der Waals surface area contributed by atoms with Crippen LogP contribution in [0.1, 0.15) is 42.9 Å². The second-order valence-electron chi connectivity index (χ2n) is 4.94. The standard InChI is InChI=1S/C14H20O3/c1-10-9-11(17-2)5-6-12(10)13(15)14(16)7-3-4-8-14/h5-6,9,13,15-16H,3-4,7-8H2,1-2H3. The summed E-state index contributed by atoms with van der Waals surface area (Å²) in [4.78, 5) is 0. The van der Waals surface area contributed by atoms with Gasteiger partial charge < -0.3 is 14.9 Å². The van der Waals surface area contributed by atoms with Crippen molar-refractivity contribution in [2.24, 2.45) is 0 Å². The van der Waals surface area contributed by atoms with Crippen LogP contribution in [0.2, 0.25) is 0 Å². The highest BCUT2D eigenvalue weighted by molar-refractivity contribution is 5.37. The van der Waals surface area contributed by atoms with Gasteiger partial charge >= 0.3 is 0 Å². The minimum atomic E-state index is -0.945. The van der Waals surface area contributed by atoms with E-state index in [2.05, 4.69) is 0 Å². The molecule has 1 aliphatic carbocycles. The Morgan fingerprint density at radius 1 is 1.29 bits per heavy atom. The predicted octanol–water partition coefficient (Wildman–Crippen LogP) is 2.34. The lowest BCUT2D eigenvalue weighted by Crippen LogP contribution is -2.33. The second-order valence-corrected chi connectivity index (χ2v) is 4.94. The van der Waals surface area contributed by atoms with Gasteiger partial charge in [0.05, 0.1) is 12.7 Å². The third-order valence-electron chi connectivity index (χ3n) is 3.75. The summed E-state index contributed by atoms with van der Waals surface area (Å²) in [5.74, 6) is 0.775. The van der Waals surface area contributed by atoms with E-state index in [-0.39, 0.29) is 0 Å². The Balaban J connectivity index is 2.27. The van der Waals surface area contributed by atoms with Crippen molar-refractivity contribution in [2.45, 2.75) is 44.3 Å².